The highest BCUT2D eigenvalue weighted by Gasteiger charge is 2.27. The number of aryl methyl sites for hydroxylation is 1. The van der Waals surface area contributed by atoms with E-state index in [0.717, 1.165) is 9.13 Å². The van der Waals surface area contributed by atoms with Crippen LogP contribution in [0.3, 0.4) is 0 Å². The third-order valence-electron chi connectivity index (χ3n) is 4.81. The van der Waals surface area contributed by atoms with E-state index in [-0.39, 0.29) is 17.9 Å². The molecule has 3 rings (SSSR count). The van der Waals surface area contributed by atoms with Gasteiger partial charge in [0.05, 0.1) is 11.3 Å². The van der Waals surface area contributed by atoms with Gasteiger partial charge in [-0.25, -0.2) is 8.42 Å². The molecule has 0 aromatic heterocycles. The summed E-state index contributed by atoms with van der Waals surface area (Å²) in [7, 11) is -4.01. The van der Waals surface area contributed by atoms with Gasteiger partial charge in [-0.2, -0.15) is 4.72 Å². The van der Waals surface area contributed by atoms with Crippen LogP contribution in [0.1, 0.15) is 11.1 Å². The number of halogens is 1. The molecule has 0 aliphatic rings. The number of ether oxygens (including phenoxy) is 1. The zero-order valence-electron chi connectivity index (χ0n) is 18.2. The number of carboxylic acid groups (broad SMARTS) is 1. The number of rotatable bonds is 10. The normalized spacial score (nSPS) is 12.1. The molecule has 178 valence electrons. The Balaban J connectivity index is 1.79. The summed E-state index contributed by atoms with van der Waals surface area (Å²) in [6, 6.07) is 18.5. The molecule has 34 heavy (non-hydrogen) atoms. The maximum absolute atomic E-state index is 13.0. The number of nitrogens with one attached hydrogen (secondary N) is 2. The number of amides is 1. The van der Waals surface area contributed by atoms with Gasteiger partial charge in [0.25, 0.3) is 0 Å². The Kier molecular flexibility index (Phi) is 8.64. The van der Waals surface area contributed by atoms with Gasteiger partial charge < -0.3 is 15.2 Å². The van der Waals surface area contributed by atoms with Crippen LogP contribution in [0.2, 0.25) is 0 Å². The van der Waals surface area contributed by atoms with Gasteiger partial charge in [0, 0.05) is 9.26 Å². The first-order valence-corrected chi connectivity index (χ1v) is 12.8. The number of anilines is 1. The maximum atomic E-state index is 13.0. The Morgan fingerprint density at radius 3 is 2.26 bits per heavy atom. The van der Waals surface area contributed by atoms with Crippen LogP contribution in [0.15, 0.2) is 77.7 Å². The zero-order chi connectivity index (χ0) is 24.7. The molecule has 3 aromatic carbocycles. The first-order chi connectivity index (χ1) is 16.1. The van der Waals surface area contributed by atoms with E-state index in [0.29, 0.717) is 17.0 Å². The number of hydrogen-bond acceptors (Lipinski definition) is 5. The minimum Gasteiger partial charge on any atom is -0.491 e. The molecular formula is C24H23IN2O6S. The van der Waals surface area contributed by atoms with Gasteiger partial charge >= 0.3 is 5.97 Å². The standard InChI is InChI=1S/C24H23IN2O6S/c1-16-4-2-3-5-22(16)33-15-21(27-34(31,32)20-12-8-18(25)9-13-20)24(30)26-19-10-6-17(7-11-19)14-23(28)29/h2-13,21,27H,14-15H2,1H3,(H,26,30)(H,28,29). The van der Waals surface area contributed by atoms with Gasteiger partial charge in [0.2, 0.25) is 15.9 Å². The fourth-order valence-electron chi connectivity index (χ4n) is 3.03. The number of aliphatic carboxylic acids is 1. The molecule has 0 fully saturated rings. The fourth-order valence-corrected chi connectivity index (χ4v) is 4.57. The molecule has 10 heteroatoms. The average Bonchev–Trinajstić information content (AvgIpc) is 2.78. The van der Waals surface area contributed by atoms with E-state index in [9.17, 15) is 18.0 Å². The molecule has 0 heterocycles. The van der Waals surface area contributed by atoms with Crippen molar-refractivity contribution >= 4 is 50.2 Å². The van der Waals surface area contributed by atoms with Crippen molar-refractivity contribution in [1.82, 2.24) is 4.72 Å². The first-order valence-electron chi connectivity index (χ1n) is 10.2. The summed E-state index contributed by atoms with van der Waals surface area (Å²) in [6.45, 7) is 1.61. The van der Waals surface area contributed by atoms with Crippen molar-refractivity contribution in [2.75, 3.05) is 11.9 Å². The molecule has 0 saturated heterocycles. The Morgan fingerprint density at radius 1 is 1.00 bits per heavy atom. The number of carbonyl (C=O) groups excluding carboxylic acids is 1. The van der Waals surface area contributed by atoms with E-state index in [1.165, 1.54) is 12.1 Å². The Labute approximate surface area is 211 Å². The summed E-state index contributed by atoms with van der Waals surface area (Å²) in [6.07, 6.45) is -0.142. The molecular weight excluding hydrogens is 571 g/mol. The summed E-state index contributed by atoms with van der Waals surface area (Å²) in [5.41, 5.74) is 1.81. The fraction of sp³-hybridized carbons (Fsp3) is 0.167. The van der Waals surface area contributed by atoms with Crippen molar-refractivity contribution in [3.05, 3.63) is 87.5 Å². The van der Waals surface area contributed by atoms with Crippen molar-refractivity contribution in [3.63, 3.8) is 0 Å². The number of carbonyl (C=O) groups is 2. The molecule has 0 bridgehead atoms. The third-order valence-corrected chi connectivity index (χ3v) is 7.02. The van der Waals surface area contributed by atoms with Gasteiger partial charge in [0.15, 0.2) is 0 Å². The topological polar surface area (TPSA) is 122 Å². The lowest BCUT2D eigenvalue weighted by atomic mass is 10.1. The molecule has 1 atom stereocenters. The van der Waals surface area contributed by atoms with Gasteiger partial charge in [-0.15, -0.1) is 0 Å². The number of hydrogen-bond donors (Lipinski definition) is 3. The summed E-state index contributed by atoms with van der Waals surface area (Å²) in [5.74, 6) is -1.05. The SMILES string of the molecule is Cc1ccccc1OCC(NS(=O)(=O)c1ccc(I)cc1)C(=O)Nc1ccc(CC(=O)O)cc1. The van der Waals surface area contributed by atoms with Gasteiger partial charge in [0.1, 0.15) is 18.4 Å². The largest absolute Gasteiger partial charge is 0.491 e. The summed E-state index contributed by atoms with van der Waals surface area (Å²) in [4.78, 5) is 23.9. The lowest BCUT2D eigenvalue weighted by molar-refractivity contribution is -0.136. The van der Waals surface area contributed by atoms with Crippen LogP contribution in [0.5, 0.6) is 5.75 Å². The highest BCUT2D eigenvalue weighted by molar-refractivity contribution is 14.1. The van der Waals surface area contributed by atoms with E-state index in [4.69, 9.17) is 9.84 Å². The van der Waals surface area contributed by atoms with Crippen LogP contribution < -0.4 is 14.8 Å². The van der Waals surface area contributed by atoms with E-state index in [1.54, 1.807) is 48.5 Å². The Bertz CT molecular complexity index is 1260. The van der Waals surface area contributed by atoms with Crippen LogP contribution >= 0.6 is 22.6 Å². The van der Waals surface area contributed by atoms with Crippen LogP contribution in [-0.4, -0.2) is 38.0 Å². The van der Waals surface area contributed by atoms with E-state index >= 15 is 0 Å². The van der Waals surface area contributed by atoms with E-state index < -0.39 is 27.9 Å². The molecule has 0 aliphatic heterocycles. The van der Waals surface area contributed by atoms with Crippen molar-refractivity contribution in [3.8, 4) is 5.75 Å². The molecule has 0 radical (unpaired) electrons. The monoisotopic (exact) mass is 594 g/mol. The van der Waals surface area contributed by atoms with E-state index in [2.05, 4.69) is 32.6 Å². The maximum Gasteiger partial charge on any atom is 0.307 e. The molecule has 1 amide bonds. The quantitative estimate of drug-likeness (QED) is 0.309. The molecule has 1 unspecified atom stereocenters. The summed E-state index contributed by atoms with van der Waals surface area (Å²) < 4.78 is 34.9. The van der Waals surface area contributed by atoms with Gasteiger partial charge in [-0.05, 0) is 83.1 Å². The summed E-state index contributed by atoms with van der Waals surface area (Å²) >= 11 is 2.07. The van der Waals surface area contributed by atoms with Crippen LogP contribution in [-0.2, 0) is 26.0 Å². The van der Waals surface area contributed by atoms with Crippen LogP contribution in [0.4, 0.5) is 5.69 Å². The Morgan fingerprint density at radius 2 is 1.65 bits per heavy atom. The molecule has 0 spiro atoms. The number of carboxylic acids is 1. The lowest BCUT2D eigenvalue weighted by Gasteiger charge is -2.20. The van der Waals surface area contributed by atoms with Crippen LogP contribution in [0, 0.1) is 10.5 Å². The third kappa shape index (κ3) is 7.27. The smallest absolute Gasteiger partial charge is 0.307 e. The van der Waals surface area contributed by atoms with Crippen molar-refractivity contribution in [2.24, 2.45) is 0 Å². The molecule has 0 saturated carbocycles. The predicted octanol–water partition coefficient (Wildman–Crippen LogP) is 3.59. The van der Waals surface area contributed by atoms with Gasteiger partial charge in [-0.1, -0.05) is 30.3 Å². The highest BCUT2D eigenvalue weighted by Crippen LogP contribution is 2.18. The van der Waals surface area contributed by atoms with Crippen molar-refractivity contribution in [1.29, 1.82) is 0 Å². The first kappa shape index (κ1) is 25.7. The summed E-state index contributed by atoms with van der Waals surface area (Å²) in [5, 5.41) is 11.6. The molecule has 3 aromatic rings. The minimum absolute atomic E-state index is 0.0274. The second-order valence-electron chi connectivity index (χ2n) is 7.46. The predicted molar refractivity (Wildman–Crippen MR) is 136 cm³/mol. The zero-order valence-corrected chi connectivity index (χ0v) is 21.2. The molecule has 3 N–H and O–H groups in total. The van der Waals surface area contributed by atoms with Gasteiger partial charge in [-0.3, -0.25) is 9.59 Å². The van der Waals surface area contributed by atoms with Crippen molar-refractivity contribution < 1.29 is 27.9 Å². The molecule has 8 nitrogen and oxygen atoms in total. The highest BCUT2D eigenvalue weighted by atomic mass is 127. The number of para-hydroxylation sites is 1. The van der Waals surface area contributed by atoms with Crippen molar-refractivity contribution in [2.45, 2.75) is 24.3 Å². The Hall–Kier alpha value is -2.96. The average molecular weight is 594 g/mol. The van der Waals surface area contributed by atoms with E-state index in [1.807, 2.05) is 19.1 Å². The minimum atomic E-state index is -4.01. The second-order valence-corrected chi connectivity index (χ2v) is 10.4. The molecule has 0 aliphatic carbocycles. The second kappa shape index (κ2) is 11.4. The van der Waals surface area contributed by atoms with Crippen LogP contribution in [0.25, 0.3) is 0 Å². The number of sulfonamides is 1. The number of benzene rings is 3. The lowest BCUT2D eigenvalue weighted by Crippen LogP contribution is -2.47.